The average Bonchev–Trinajstić information content (AvgIpc) is 2.39. The van der Waals surface area contributed by atoms with Crippen LogP contribution in [0, 0.1) is 0 Å². The van der Waals surface area contributed by atoms with Crippen LogP contribution in [-0.4, -0.2) is 11.9 Å². The number of nitrogens with one attached hydrogen (secondary N) is 1. The minimum absolute atomic E-state index is 0.0132. The lowest BCUT2D eigenvalue weighted by Crippen LogP contribution is -2.42. The van der Waals surface area contributed by atoms with Crippen LogP contribution < -0.4 is 5.32 Å². The van der Waals surface area contributed by atoms with Crippen LogP contribution in [0.4, 0.5) is 0 Å². The summed E-state index contributed by atoms with van der Waals surface area (Å²) in [6.07, 6.45) is 4.37. The molecule has 1 atom stereocenters. The van der Waals surface area contributed by atoms with E-state index in [1.54, 1.807) is 0 Å². The van der Waals surface area contributed by atoms with Gasteiger partial charge in [-0.2, -0.15) is 0 Å². The first-order valence-electron chi connectivity index (χ1n) is 6.22. The highest BCUT2D eigenvalue weighted by atomic mass is 16.5. The van der Waals surface area contributed by atoms with Gasteiger partial charge in [0.2, 0.25) is 0 Å². The second-order valence-corrected chi connectivity index (χ2v) is 4.59. The maximum absolute atomic E-state index is 12.0. The molecule has 1 amide bonds. The summed E-state index contributed by atoms with van der Waals surface area (Å²) in [4.78, 5) is 12.0. The molecule has 1 aliphatic heterocycles. The minimum atomic E-state index is 0.0132. The molecule has 1 aromatic carbocycles. The number of hydrogen-bond acceptors (Lipinski definition) is 2. The number of hydrogen-bond donors (Lipinski definition) is 1. The quantitative estimate of drug-likeness (QED) is 0.808. The van der Waals surface area contributed by atoms with E-state index in [0.717, 1.165) is 41.7 Å². The number of fused-ring (bicyclic) bond motifs is 3. The molecule has 0 aromatic heterocycles. The van der Waals surface area contributed by atoms with Crippen LogP contribution in [0.5, 0.6) is 0 Å². The van der Waals surface area contributed by atoms with Gasteiger partial charge < -0.3 is 10.1 Å². The Labute approximate surface area is 106 Å². The summed E-state index contributed by atoms with van der Waals surface area (Å²) in [6, 6.07) is 7.77. The number of carbonyl (C=O) groups is 1. The smallest absolute Gasteiger partial charge is 0.252 e. The molecule has 1 heterocycles. The summed E-state index contributed by atoms with van der Waals surface area (Å²) in [7, 11) is 0. The fraction of sp³-hybridized carbons (Fsp3) is 0.267. The molecule has 0 saturated heterocycles. The Morgan fingerprint density at radius 1 is 1.33 bits per heavy atom. The van der Waals surface area contributed by atoms with E-state index in [2.05, 4.69) is 11.9 Å². The van der Waals surface area contributed by atoms with Crippen molar-refractivity contribution in [3.63, 3.8) is 0 Å². The third-order valence-electron chi connectivity index (χ3n) is 3.54. The van der Waals surface area contributed by atoms with Crippen molar-refractivity contribution >= 4 is 11.5 Å². The van der Waals surface area contributed by atoms with E-state index in [9.17, 15) is 4.79 Å². The number of ether oxygens (including phenoxy) is 1. The van der Waals surface area contributed by atoms with E-state index in [0.29, 0.717) is 0 Å². The first-order chi connectivity index (χ1) is 8.81. The first kappa shape index (κ1) is 11.1. The topological polar surface area (TPSA) is 38.3 Å². The molecular formula is C15H15NO2. The molecule has 18 heavy (non-hydrogen) atoms. The molecule has 0 spiro atoms. The molecule has 2 aliphatic rings. The second-order valence-electron chi connectivity index (χ2n) is 4.59. The third-order valence-corrected chi connectivity index (χ3v) is 3.54. The number of allylic oxidation sites excluding steroid dienone is 1. The first-order valence-corrected chi connectivity index (χ1v) is 6.22. The van der Waals surface area contributed by atoms with Gasteiger partial charge in [0.1, 0.15) is 5.76 Å². The van der Waals surface area contributed by atoms with Crippen LogP contribution in [0.3, 0.4) is 0 Å². The Hall–Kier alpha value is -2.03. The lowest BCUT2D eigenvalue weighted by Gasteiger charge is -2.33. The van der Waals surface area contributed by atoms with Crippen molar-refractivity contribution < 1.29 is 9.53 Å². The molecule has 1 aliphatic carbocycles. The second kappa shape index (κ2) is 4.33. The molecule has 0 radical (unpaired) electrons. The highest BCUT2D eigenvalue weighted by Gasteiger charge is 2.33. The lowest BCUT2D eigenvalue weighted by molar-refractivity contribution is 0.0936. The monoisotopic (exact) mass is 241 g/mol. The van der Waals surface area contributed by atoms with Crippen molar-refractivity contribution in [1.82, 2.24) is 5.32 Å². The summed E-state index contributed by atoms with van der Waals surface area (Å²) in [6.45, 7) is 3.62. The molecule has 1 unspecified atom stereocenters. The zero-order valence-electron chi connectivity index (χ0n) is 10.1. The van der Waals surface area contributed by atoms with Crippen molar-refractivity contribution in [1.29, 1.82) is 0 Å². The van der Waals surface area contributed by atoms with Crippen molar-refractivity contribution in [2.24, 2.45) is 0 Å². The standard InChI is InChI=1S/C15H15NO2/c1-2-18-13-9-5-8-12-14(13)10-6-3-4-7-11(10)15(17)16-12/h2-4,6-7,12H,1,5,8-9H2,(H,16,17). The van der Waals surface area contributed by atoms with Gasteiger partial charge in [-0.15, -0.1) is 0 Å². The molecule has 3 rings (SSSR count). The normalized spacial score (nSPS) is 21.8. The Morgan fingerprint density at radius 3 is 2.89 bits per heavy atom. The number of rotatable bonds is 2. The average molecular weight is 241 g/mol. The predicted molar refractivity (Wildman–Crippen MR) is 69.7 cm³/mol. The predicted octanol–water partition coefficient (Wildman–Crippen LogP) is 2.85. The number of carbonyl (C=O) groups excluding carboxylic acids is 1. The molecule has 0 fully saturated rings. The molecule has 3 nitrogen and oxygen atoms in total. The zero-order valence-corrected chi connectivity index (χ0v) is 10.1. The molecule has 0 bridgehead atoms. The van der Waals surface area contributed by atoms with Gasteiger partial charge in [0.05, 0.1) is 12.3 Å². The fourth-order valence-electron chi connectivity index (χ4n) is 2.80. The van der Waals surface area contributed by atoms with Gasteiger partial charge in [-0.3, -0.25) is 4.79 Å². The maximum atomic E-state index is 12.0. The highest BCUT2D eigenvalue weighted by molar-refractivity contribution is 6.04. The summed E-state index contributed by atoms with van der Waals surface area (Å²) in [5.41, 5.74) is 2.86. The van der Waals surface area contributed by atoms with Crippen molar-refractivity contribution in [2.45, 2.75) is 25.3 Å². The van der Waals surface area contributed by atoms with Crippen LogP contribution in [0.15, 0.2) is 42.9 Å². The van der Waals surface area contributed by atoms with E-state index >= 15 is 0 Å². The van der Waals surface area contributed by atoms with Gasteiger partial charge in [-0.25, -0.2) is 0 Å². The molecule has 1 N–H and O–H groups in total. The Bertz CT molecular complexity index is 545. The lowest BCUT2D eigenvalue weighted by atomic mass is 9.82. The van der Waals surface area contributed by atoms with Gasteiger partial charge in [0.25, 0.3) is 5.91 Å². The van der Waals surface area contributed by atoms with E-state index in [1.165, 1.54) is 6.26 Å². The Morgan fingerprint density at radius 2 is 2.11 bits per heavy atom. The Kier molecular flexibility index (Phi) is 2.67. The van der Waals surface area contributed by atoms with Crippen molar-refractivity contribution in [2.75, 3.05) is 0 Å². The molecule has 3 heteroatoms. The summed E-state index contributed by atoms with van der Waals surface area (Å²) >= 11 is 0. The SMILES string of the molecule is C=COC1=C2c3ccccc3C(=O)NC2CCC1. The molecule has 1 aromatic rings. The van der Waals surface area contributed by atoms with Gasteiger partial charge >= 0.3 is 0 Å². The van der Waals surface area contributed by atoms with E-state index < -0.39 is 0 Å². The van der Waals surface area contributed by atoms with Crippen LogP contribution in [0.2, 0.25) is 0 Å². The van der Waals surface area contributed by atoms with E-state index in [1.807, 2.05) is 24.3 Å². The number of benzene rings is 1. The third kappa shape index (κ3) is 1.63. The van der Waals surface area contributed by atoms with E-state index in [-0.39, 0.29) is 11.9 Å². The Balaban J connectivity index is 2.19. The summed E-state index contributed by atoms with van der Waals surface area (Å²) < 4.78 is 5.54. The maximum Gasteiger partial charge on any atom is 0.252 e. The van der Waals surface area contributed by atoms with Gasteiger partial charge in [0.15, 0.2) is 0 Å². The van der Waals surface area contributed by atoms with Crippen molar-refractivity contribution in [3.05, 3.63) is 54.0 Å². The van der Waals surface area contributed by atoms with E-state index in [4.69, 9.17) is 4.74 Å². The molecule has 0 saturated carbocycles. The van der Waals surface area contributed by atoms with Crippen LogP contribution in [0.1, 0.15) is 35.2 Å². The number of amides is 1. The minimum Gasteiger partial charge on any atom is -0.470 e. The summed E-state index contributed by atoms with van der Waals surface area (Å²) in [5.74, 6) is 0.952. The van der Waals surface area contributed by atoms with Gasteiger partial charge in [-0.1, -0.05) is 24.8 Å². The van der Waals surface area contributed by atoms with Crippen LogP contribution in [0.25, 0.3) is 5.57 Å². The van der Waals surface area contributed by atoms with Crippen LogP contribution >= 0.6 is 0 Å². The van der Waals surface area contributed by atoms with Crippen molar-refractivity contribution in [3.8, 4) is 0 Å². The fourth-order valence-corrected chi connectivity index (χ4v) is 2.80. The highest BCUT2D eigenvalue weighted by Crippen LogP contribution is 2.37. The zero-order chi connectivity index (χ0) is 12.5. The van der Waals surface area contributed by atoms with Crippen LogP contribution in [-0.2, 0) is 4.74 Å². The summed E-state index contributed by atoms with van der Waals surface area (Å²) in [5, 5.41) is 3.05. The van der Waals surface area contributed by atoms with Gasteiger partial charge in [0, 0.05) is 17.6 Å². The largest absolute Gasteiger partial charge is 0.470 e. The van der Waals surface area contributed by atoms with Gasteiger partial charge in [-0.05, 0) is 24.5 Å². The molecule has 92 valence electrons. The molecular weight excluding hydrogens is 226 g/mol.